The van der Waals surface area contributed by atoms with Crippen LogP contribution >= 0.6 is 11.8 Å². The molecule has 0 heterocycles. The van der Waals surface area contributed by atoms with Crippen molar-refractivity contribution in [2.45, 2.75) is 23.6 Å². The molecule has 0 amide bonds. The lowest BCUT2D eigenvalue weighted by Crippen LogP contribution is -2.01. The number of nitro groups is 4. The minimum absolute atomic E-state index is 0.227. The Kier molecular flexibility index (Phi) is 5.35. The maximum atomic E-state index is 11.3. The zero-order valence-corrected chi connectivity index (χ0v) is 14.6. The highest BCUT2D eigenvalue weighted by atomic mass is 32.2. The van der Waals surface area contributed by atoms with Crippen LogP contribution in [0.3, 0.4) is 0 Å². The molecule has 12 nitrogen and oxygen atoms in total. The van der Waals surface area contributed by atoms with E-state index in [4.69, 9.17) is 0 Å². The predicted octanol–water partition coefficient (Wildman–Crippen LogP) is 4.09. The summed E-state index contributed by atoms with van der Waals surface area (Å²) in [5.74, 6) is 0. The third kappa shape index (κ3) is 3.98. The quantitative estimate of drug-likeness (QED) is 0.516. The highest BCUT2D eigenvalue weighted by Crippen LogP contribution is 2.48. The predicted molar refractivity (Wildman–Crippen MR) is 93.1 cm³/mol. The van der Waals surface area contributed by atoms with Gasteiger partial charge in [0.05, 0.1) is 19.7 Å². The third-order valence-corrected chi connectivity index (χ3v) is 4.62. The molecule has 0 aliphatic heterocycles. The molecule has 0 atom stereocenters. The lowest BCUT2D eigenvalue weighted by Gasteiger charge is -2.07. The van der Waals surface area contributed by atoms with Crippen LogP contribution in [0.15, 0.2) is 34.1 Å². The Morgan fingerprint density at radius 3 is 1.00 bits per heavy atom. The molecule has 0 fully saturated rings. The van der Waals surface area contributed by atoms with E-state index in [9.17, 15) is 40.5 Å². The van der Waals surface area contributed by atoms with Crippen molar-refractivity contribution < 1.29 is 19.7 Å². The molecule has 27 heavy (non-hydrogen) atoms. The van der Waals surface area contributed by atoms with Gasteiger partial charge in [0.25, 0.3) is 22.7 Å². The van der Waals surface area contributed by atoms with Crippen LogP contribution in [0.5, 0.6) is 0 Å². The normalized spacial score (nSPS) is 10.4. The minimum Gasteiger partial charge on any atom is -0.258 e. The van der Waals surface area contributed by atoms with E-state index in [1.54, 1.807) is 0 Å². The van der Waals surface area contributed by atoms with Crippen LogP contribution in [0.25, 0.3) is 0 Å². The Morgan fingerprint density at radius 2 is 0.815 bits per heavy atom. The molecular weight excluding hydrogens is 384 g/mol. The van der Waals surface area contributed by atoms with E-state index in [2.05, 4.69) is 0 Å². The van der Waals surface area contributed by atoms with E-state index in [0.717, 1.165) is 24.3 Å². The van der Waals surface area contributed by atoms with Gasteiger partial charge in [-0.05, 0) is 25.0 Å². The van der Waals surface area contributed by atoms with Crippen molar-refractivity contribution in [2.24, 2.45) is 0 Å². The molecule has 0 aliphatic carbocycles. The third-order valence-electron chi connectivity index (χ3n) is 3.38. The summed E-state index contributed by atoms with van der Waals surface area (Å²) < 4.78 is 0. The molecule has 0 spiro atoms. The minimum atomic E-state index is -0.881. The van der Waals surface area contributed by atoms with Crippen molar-refractivity contribution in [3.8, 4) is 0 Å². The Hall–Kier alpha value is -3.61. The highest BCUT2D eigenvalue weighted by Gasteiger charge is 2.33. The molecular formula is C14H10N4O8S. The summed E-state index contributed by atoms with van der Waals surface area (Å²) in [5, 5.41) is 45.3. The Labute approximate surface area is 154 Å². The smallest absolute Gasteiger partial charge is 0.258 e. The van der Waals surface area contributed by atoms with Crippen LogP contribution in [0.4, 0.5) is 22.7 Å². The lowest BCUT2D eigenvalue weighted by molar-refractivity contribution is -0.400. The summed E-state index contributed by atoms with van der Waals surface area (Å²) >= 11 is 0.258. The Morgan fingerprint density at radius 1 is 0.593 bits per heavy atom. The van der Waals surface area contributed by atoms with Crippen LogP contribution in [0.1, 0.15) is 11.1 Å². The van der Waals surface area contributed by atoms with Gasteiger partial charge in [-0.15, -0.1) is 0 Å². The molecule has 0 unspecified atom stereocenters. The van der Waals surface area contributed by atoms with E-state index in [0.29, 0.717) is 0 Å². The number of nitro benzene ring substituents is 4. The van der Waals surface area contributed by atoms with Crippen LogP contribution in [-0.2, 0) is 0 Å². The van der Waals surface area contributed by atoms with Crippen molar-refractivity contribution in [1.29, 1.82) is 0 Å². The standard InChI is InChI=1S/C14H10N4O8S/c1-7-3-9(15(19)20)13(10(4-7)16(21)22)27-14-11(17(23)24)5-8(2)6-12(14)18(25)26/h3-6H,1-2H3. The first-order valence-corrected chi connectivity index (χ1v) is 7.89. The van der Waals surface area contributed by atoms with E-state index in [-0.39, 0.29) is 22.9 Å². The fourth-order valence-electron chi connectivity index (χ4n) is 2.32. The second-order valence-electron chi connectivity index (χ2n) is 5.40. The molecule has 2 rings (SSSR count). The summed E-state index contributed by atoms with van der Waals surface area (Å²) in [4.78, 5) is 40.8. The number of rotatable bonds is 6. The average Bonchev–Trinajstić information content (AvgIpc) is 2.55. The van der Waals surface area contributed by atoms with Gasteiger partial charge in [0.15, 0.2) is 9.79 Å². The molecule has 13 heteroatoms. The maximum absolute atomic E-state index is 11.3. The summed E-state index contributed by atoms with van der Waals surface area (Å²) in [7, 11) is 0. The molecule has 0 bridgehead atoms. The Bertz CT molecular complexity index is 857. The van der Waals surface area contributed by atoms with Crippen LogP contribution in [0, 0.1) is 54.3 Å². The second kappa shape index (κ2) is 7.33. The van der Waals surface area contributed by atoms with Gasteiger partial charge in [-0.3, -0.25) is 40.5 Å². The largest absolute Gasteiger partial charge is 0.290 e. The van der Waals surface area contributed by atoms with Crippen molar-refractivity contribution in [1.82, 2.24) is 0 Å². The molecule has 2 aromatic rings. The SMILES string of the molecule is Cc1cc([N+](=O)[O-])c(Sc2c([N+](=O)[O-])cc(C)cc2[N+](=O)[O-])c([N+](=O)[O-])c1. The van der Waals surface area contributed by atoms with Gasteiger partial charge in [-0.2, -0.15) is 0 Å². The average molecular weight is 394 g/mol. The molecule has 0 N–H and O–H groups in total. The zero-order valence-electron chi connectivity index (χ0n) is 13.8. The van der Waals surface area contributed by atoms with Gasteiger partial charge >= 0.3 is 0 Å². The van der Waals surface area contributed by atoms with Crippen LogP contribution in [-0.4, -0.2) is 19.7 Å². The molecule has 0 saturated carbocycles. The zero-order chi connectivity index (χ0) is 20.5. The van der Waals surface area contributed by atoms with Gasteiger partial charge < -0.3 is 0 Å². The van der Waals surface area contributed by atoms with Crippen molar-refractivity contribution in [2.75, 3.05) is 0 Å². The van der Waals surface area contributed by atoms with Crippen molar-refractivity contribution in [3.05, 3.63) is 75.8 Å². The maximum Gasteiger partial charge on any atom is 0.290 e. The molecule has 0 saturated heterocycles. The number of hydrogen-bond acceptors (Lipinski definition) is 9. The molecule has 140 valence electrons. The van der Waals surface area contributed by atoms with Crippen molar-refractivity contribution >= 4 is 34.5 Å². The summed E-state index contributed by atoms with van der Waals surface area (Å²) in [5.41, 5.74) is -2.23. The van der Waals surface area contributed by atoms with E-state index >= 15 is 0 Å². The summed E-state index contributed by atoms with van der Waals surface area (Å²) in [6.07, 6.45) is 0. The molecule has 0 aromatic heterocycles. The highest BCUT2D eigenvalue weighted by molar-refractivity contribution is 8.00. The first-order valence-electron chi connectivity index (χ1n) is 7.07. The number of aryl methyl sites for hydroxylation is 2. The van der Waals surface area contributed by atoms with Gasteiger partial charge in [0.1, 0.15) is 0 Å². The topological polar surface area (TPSA) is 173 Å². The van der Waals surface area contributed by atoms with Gasteiger partial charge in [-0.1, -0.05) is 11.8 Å². The van der Waals surface area contributed by atoms with Gasteiger partial charge in [0, 0.05) is 24.3 Å². The van der Waals surface area contributed by atoms with Crippen LogP contribution in [0.2, 0.25) is 0 Å². The van der Waals surface area contributed by atoms with Crippen molar-refractivity contribution in [3.63, 3.8) is 0 Å². The number of hydrogen-bond donors (Lipinski definition) is 0. The Balaban J connectivity index is 2.85. The van der Waals surface area contributed by atoms with Gasteiger partial charge in [-0.25, -0.2) is 0 Å². The monoisotopic (exact) mass is 394 g/mol. The second-order valence-corrected chi connectivity index (χ2v) is 6.42. The number of benzene rings is 2. The summed E-state index contributed by atoms with van der Waals surface area (Å²) in [6.45, 7) is 2.82. The molecule has 2 aromatic carbocycles. The number of nitrogens with zero attached hydrogens (tertiary/aromatic N) is 4. The van der Waals surface area contributed by atoms with E-state index in [1.807, 2.05) is 0 Å². The first kappa shape index (κ1) is 19.7. The van der Waals surface area contributed by atoms with Gasteiger partial charge in [0.2, 0.25) is 0 Å². The fourth-order valence-corrected chi connectivity index (χ4v) is 3.48. The van der Waals surface area contributed by atoms with E-state index < -0.39 is 52.2 Å². The summed E-state index contributed by atoms with van der Waals surface area (Å²) in [6, 6.07) is 4.23. The van der Waals surface area contributed by atoms with Crippen LogP contribution < -0.4 is 0 Å². The first-order chi connectivity index (χ1) is 12.5. The lowest BCUT2D eigenvalue weighted by atomic mass is 10.2. The molecule has 0 radical (unpaired) electrons. The van der Waals surface area contributed by atoms with E-state index in [1.165, 1.54) is 13.8 Å². The molecule has 0 aliphatic rings. The fraction of sp³-hybridized carbons (Fsp3) is 0.143.